The topological polar surface area (TPSA) is 69.5 Å². The van der Waals surface area contributed by atoms with E-state index in [1.807, 2.05) is 4.90 Å². The van der Waals surface area contributed by atoms with Gasteiger partial charge in [-0.2, -0.15) is 0 Å². The molecule has 0 saturated carbocycles. The first-order valence-electron chi connectivity index (χ1n) is 5.86. The molecule has 2 aromatic rings. The Bertz CT molecular complexity index is 535. The Morgan fingerprint density at radius 3 is 2.44 bits per heavy atom. The molecule has 0 radical (unpaired) electrons. The van der Waals surface area contributed by atoms with E-state index in [1.54, 1.807) is 11.3 Å². The largest absolute Gasteiger partial charge is 0.395 e. The van der Waals surface area contributed by atoms with Crippen LogP contribution in [-0.4, -0.2) is 46.5 Å². The maximum Gasteiger partial charge on any atom is 0.141 e. The van der Waals surface area contributed by atoms with E-state index in [9.17, 15) is 0 Å². The molecule has 98 valence electrons. The summed E-state index contributed by atoms with van der Waals surface area (Å²) in [6, 6.07) is 0. The number of aryl methyl sites for hydroxylation is 2. The van der Waals surface area contributed by atoms with Crippen LogP contribution in [0.5, 0.6) is 0 Å². The fourth-order valence-corrected chi connectivity index (χ4v) is 2.96. The average molecular weight is 267 g/mol. The van der Waals surface area contributed by atoms with Crippen molar-refractivity contribution in [3.05, 3.63) is 16.8 Å². The lowest BCUT2D eigenvalue weighted by Crippen LogP contribution is -2.30. The lowest BCUT2D eigenvalue weighted by Gasteiger charge is -2.22. The van der Waals surface area contributed by atoms with E-state index in [-0.39, 0.29) is 13.2 Å². The van der Waals surface area contributed by atoms with E-state index in [1.165, 1.54) is 16.8 Å². The molecular formula is C12H17N3O2S. The number of thiophene rings is 1. The first kappa shape index (κ1) is 13.2. The number of aliphatic hydroxyl groups is 2. The van der Waals surface area contributed by atoms with Crippen molar-refractivity contribution in [2.45, 2.75) is 13.8 Å². The van der Waals surface area contributed by atoms with Crippen molar-refractivity contribution in [3.63, 3.8) is 0 Å². The second-order valence-electron chi connectivity index (χ2n) is 4.09. The van der Waals surface area contributed by atoms with Crippen molar-refractivity contribution in [3.8, 4) is 0 Å². The first-order valence-corrected chi connectivity index (χ1v) is 6.68. The molecule has 2 rings (SSSR count). The summed E-state index contributed by atoms with van der Waals surface area (Å²) in [5.41, 5.74) is 1.17. The van der Waals surface area contributed by atoms with Crippen molar-refractivity contribution in [2.75, 3.05) is 31.2 Å². The maximum atomic E-state index is 9.11. The van der Waals surface area contributed by atoms with Crippen LogP contribution >= 0.6 is 11.3 Å². The van der Waals surface area contributed by atoms with Crippen LogP contribution in [0.25, 0.3) is 10.2 Å². The van der Waals surface area contributed by atoms with Crippen LogP contribution in [0.2, 0.25) is 0 Å². The normalized spacial score (nSPS) is 11.1. The minimum absolute atomic E-state index is 0.0354. The molecule has 0 aliphatic heterocycles. The van der Waals surface area contributed by atoms with Gasteiger partial charge in [0.15, 0.2) is 0 Å². The molecule has 2 N–H and O–H groups in total. The number of hydrogen-bond acceptors (Lipinski definition) is 6. The van der Waals surface area contributed by atoms with E-state index >= 15 is 0 Å². The summed E-state index contributed by atoms with van der Waals surface area (Å²) in [6.45, 7) is 5.11. The van der Waals surface area contributed by atoms with Crippen LogP contribution in [-0.2, 0) is 0 Å². The van der Waals surface area contributed by atoms with Crippen molar-refractivity contribution in [1.29, 1.82) is 0 Å². The number of fused-ring (bicyclic) bond motifs is 1. The number of rotatable bonds is 5. The highest BCUT2D eigenvalue weighted by Gasteiger charge is 2.16. The van der Waals surface area contributed by atoms with Gasteiger partial charge in [0.2, 0.25) is 0 Å². The predicted octanol–water partition coefficient (Wildman–Crippen LogP) is 1.10. The van der Waals surface area contributed by atoms with Crippen molar-refractivity contribution < 1.29 is 10.2 Å². The molecule has 0 aromatic carbocycles. The Morgan fingerprint density at radius 1 is 1.17 bits per heavy atom. The highest BCUT2D eigenvalue weighted by atomic mass is 32.1. The van der Waals surface area contributed by atoms with Crippen LogP contribution in [0.15, 0.2) is 6.33 Å². The summed E-state index contributed by atoms with van der Waals surface area (Å²) >= 11 is 1.64. The molecule has 0 aliphatic carbocycles. The maximum absolute atomic E-state index is 9.11. The summed E-state index contributed by atoms with van der Waals surface area (Å²) in [5.74, 6) is 0.796. The number of aliphatic hydroxyl groups excluding tert-OH is 2. The predicted molar refractivity (Wildman–Crippen MR) is 73.3 cm³/mol. The molecule has 2 heterocycles. The molecule has 18 heavy (non-hydrogen) atoms. The van der Waals surface area contributed by atoms with Gasteiger partial charge in [-0.15, -0.1) is 11.3 Å². The van der Waals surface area contributed by atoms with Gasteiger partial charge in [-0.3, -0.25) is 0 Å². The van der Waals surface area contributed by atoms with Gasteiger partial charge in [0.1, 0.15) is 17.0 Å². The van der Waals surface area contributed by atoms with E-state index in [2.05, 4.69) is 23.8 Å². The zero-order valence-electron chi connectivity index (χ0n) is 10.6. The van der Waals surface area contributed by atoms with Gasteiger partial charge in [0.05, 0.1) is 18.6 Å². The van der Waals surface area contributed by atoms with E-state index in [0.717, 1.165) is 16.0 Å². The Morgan fingerprint density at radius 2 is 1.83 bits per heavy atom. The van der Waals surface area contributed by atoms with Crippen LogP contribution in [0.3, 0.4) is 0 Å². The van der Waals surface area contributed by atoms with E-state index < -0.39 is 0 Å². The summed E-state index contributed by atoms with van der Waals surface area (Å²) in [6.07, 6.45) is 1.54. The molecule has 0 spiro atoms. The third-order valence-electron chi connectivity index (χ3n) is 2.98. The fourth-order valence-electron chi connectivity index (χ4n) is 1.97. The first-order chi connectivity index (χ1) is 8.69. The van der Waals surface area contributed by atoms with Gasteiger partial charge in [-0.1, -0.05) is 0 Å². The molecule has 6 heteroatoms. The van der Waals surface area contributed by atoms with E-state index in [0.29, 0.717) is 13.1 Å². The quantitative estimate of drug-likeness (QED) is 0.849. The van der Waals surface area contributed by atoms with Crippen LogP contribution in [0.4, 0.5) is 5.82 Å². The second kappa shape index (κ2) is 5.60. The molecule has 0 atom stereocenters. The van der Waals surface area contributed by atoms with Crippen molar-refractivity contribution in [2.24, 2.45) is 0 Å². The van der Waals surface area contributed by atoms with Gasteiger partial charge in [-0.05, 0) is 19.4 Å². The van der Waals surface area contributed by atoms with Gasteiger partial charge in [0, 0.05) is 18.0 Å². The van der Waals surface area contributed by atoms with Gasteiger partial charge in [-0.25, -0.2) is 9.97 Å². The Kier molecular flexibility index (Phi) is 4.11. The van der Waals surface area contributed by atoms with E-state index in [4.69, 9.17) is 10.2 Å². The molecule has 5 nitrogen and oxygen atoms in total. The molecular weight excluding hydrogens is 250 g/mol. The number of aromatic nitrogens is 2. The van der Waals surface area contributed by atoms with Gasteiger partial charge >= 0.3 is 0 Å². The molecule has 0 saturated heterocycles. The summed E-state index contributed by atoms with van der Waals surface area (Å²) in [4.78, 5) is 12.7. The van der Waals surface area contributed by atoms with Crippen LogP contribution < -0.4 is 4.90 Å². The standard InChI is InChI=1S/C12H17N3O2S/c1-8-9(2)18-12-10(8)11(13-7-14-12)15(3-5-16)4-6-17/h7,16-17H,3-6H2,1-2H3. The summed E-state index contributed by atoms with van der Waals surface area (Å²) in [5, 5.41) is 19.2. The smallest absolute Gasteiger partial charge is 0.141 e. The third-order valence-corrected chi connectivity index (χ3v) is 4.10. The molecule has 0 unspecified atom stereocenters. The number of anilines is 1. The highest BCUT2D eigenvalue weighted by Crippen LogP contribution is 2.33. The van der Waals surface area contributed by atoms with Crippen molar-refractivity contribution >= 4 is 27.4 Å². The average Bonchev–Trinajstić information content (AvgIpc) is 2.65. The van der Waals surface area contributed by atoms with Crippen molar-refractivity contribution in [1.82, 2.24) is 9.97 Å². The minimum Gasteiger partial charge on any atom is -0.395 e. The molecule has 0 bridgehead atoms. The van der Waals surface area contributed by atoms with Gasteiger partial charge in [0.25, 0.3) is 0 Å². The zero-order chi connectivity index (χ0) is 13.1. The number of nitrogens with zero attached hydrogens (tertiary/aromatic N) is 3. The van der Waals surface area contributed by atoms with Crippen LogP contribution in [0.1, 0.15) is 10.4 Å². The Balaban J connectivity index is 2.54. The SMILES string of the molecule is Cc1sc2ncnc(N(CCO)CCO)c2c1C. The molecule has 2 aromatic heterocycles. The fraction of sp³-hybridized carbons (Fsp3) is 0.500. The Hall–Kier alpha value is -1.24. The minimum atomic E-state index is 0.0354. The summed E-state index contributed by atoms with van der Waals surface area (Å²) in [7, 11) is 0. The third kappa shape index (κ3) is 2.31. The molecule has 0 fully saturated rings. The zero-order valence-corrected chi connectivity index (χ0v) is 11.4. The lowest BCUT2D eigenvalue weighted by molar-refractivity contribution is 0.281. The lowest BCUT2D eigenvalue weighted by atomic mass is 10.2. The molecule has 0 amide bonds. The van der Waals surface area contributed by atoms with Crippen LogP contribution in [0, 0.1) is 13.8 Å². The highest BCUT2D eigenvalue weighted by molar-refractivity contribution is 7.18. The number of hydrogen-bond donors (Lipinski definition) is 2. The second-order valence-corrected chi connectivity index (χ2v) is 5.30. The molecule has 0 aliphatic rings. The summed E-state index contributed by atoms with van der Waals surface area (Å²) < 4.78 is 0. The Labute approximate surface area is 110 Å². The monoisotopic (exact) mass is 267 g/mol. The van der Waals surface area contributed by atoms with Gasteiger partial charge < -0.3 is 15.1 Å².